The second-order valence-corrected chi connectivity index (χ2v) is 10.7. The first-order valence-corrected chi connectivity index (χ1v) is 13.8. The second kappa shape index (κ2) is 12.1. The van der Waals surface area contributed by atoms with Crippen LogP contribution in [0.3, 0.4) is 0 Å². The fourth-order valence-electron chi connectivity index (χ4n) is 4.83. The smallest absolute Gasteiger partial charge is 0.255 e. The molecule has 0 radical (unpaired) electrons. The Morgan fingerprint density at radius 2 is 1.90 bits per heavy atom. The summed E-state index contributed by atoms with van der Waals surface area (Å²) in [6.45, 7) is 6.09. The molecule has 5 rings (SSSR count). The predicted molar refractivity (Wildman–Crippen MR) is 162 cm³/mol. The van der Waals surface area contributed by atoms with E-state index in [1.807, 2.05) is 57.3 Å². The Balaban J connectivity index is 1.52. The van der Waals surface area contributed by atoms with Crippen LogP contribution in [0.25, 0.3) is 10.9 Å². The number of rotatable bonds is 8. The lowest BCUT2D eigenvalue weighted by Crippen LogP contribution is -2.40. The Morgan fingerprint density at radius 3 is 2.57 bits per heavy atom. The van der Waals surface area contributed by atoms with Gasteiger partial charge in [0.1, 0.15) is 17.3 Å². The third-order valence-corrected chi connectivity index (χ3v) is 7.11. The molecule has 2 aromatic carbocycles. The number of aryl methyl sites for hydroxylation is 1. The number of anilines is 2. The molecule has 3 heterocycles. The standard InChI is InChI=1S/C30H32ClN7O4/c1-17(2)33-30(40)25-26(34-29(39)23-14-24(42-5)35-38(23)28-22(31)7-6-12-32-28)18(3)13-20-16-37(36-27(20)25)15-19-8-10-21(41-4)11-9-19/h6-13,16-17,23H,14-15H2,1-5H3,(H,33,40)(H,34,39). The first-order valence-electron chi connectivity index (χ1n) is 13.4. The van der Waals surface area contributed by atoms with Crippen LogP contribution in [0.4, 0.5) is 11.5 Å². The lowest BCUT2D eigenvalue weighted by molar-refractivity contribution is -0.117. The number of pyridine rings is 1. The van der Waals surface area contributed by atoms with Crippen molar-refractivity contribution in [3.05, 3.63) is 76.6 Å². The Hall–Kier alpha value is -4.64. The Morgan fingerprint density at radius 1 is 1.14 bits per heavy atom. The van der Waals surface area contributed by atoms with Gasteiger partial charge in [-0.05, 0) is 62.2 Å². The lowest BCUT2D eigenvalue weighted by Gasteiger charge is -2.23. The summed E-state index contributed by atoms with van der Waals surface area (Å²) in [5, 5.41) is 17.7. The zero-order valence-corrected chi connectivity index (χ0v) is 24.8. The maximum Gasteiger partial charge on any atom is 0.255 e. The highest BCUT2D eigenvalue weighted by Gasteiger charge is 2.37. The average molecular weight is 590 g/mol. The minimum Gasteiger partial charge on any atom is -0.497 e. The number of carbonyl (C=O) groups excluding carboxylic acids is 2. The Kier molecular flexibility index (Phi) is 8.30. The zero-order valence-electron chi connectivity index (χ0n) is 24.0. The number of amides is 2. The molecule has 11 nitrogen and oxygen atoms in total. The van der Waals surface area contributed by atoms with Gasteiger partial charge in [0.05, 0.1) is 43.5 Å². The number of hydrogen-bond donors (Lipinski definition) is 2. The number of methoxy groups -OCH3 is 2. The number of halogens is 1. The number of aromatic nitrogens is 3. The van der Waals surface area contributed by atoms with Crippen LogP contribution in [0.15, 0.2) is 60.0 Å². The molecule has 0 spiro atoms. The van der Waals surface area contributed by atoms with Crippen molar-refractivity contribution in [1.82, 2.24) is 20.1 Å². The van der Waals surface area contributed by atoms with Crippen LogP contribution in [0.1, 0.15) is 41.8 Å². The van der Waals surface area contributed by atoms with Gasteiger partial charge in [0.15, 0.2) is 5.82 Å². The van der Waals surface area contributed by atoms with Crippen LogP contribution >= 0.6 is 11.6 Å². The van der Waals surface area contributed by atoms with E-state index in [4.69, 9.17) is 26.2 Å². The highest BCUT2D eigenvalue weighted by atomic mass is 35.5. The highest BCUT2D eigenvalue weighted by Crippen LogP contribution is 2.33. The molecule has 0 bridgehead atoms. The quantitative estimate of drug-likeness (QED) is 0.304. The largest absolute Gasteiger partial charge is 0.497 e. The van der Waals surface area contributed by atoms with Crippen molar-refractivity contribution in [2.24, 2.45) is 5.10 Å². The van der Waals surface area contributed by atoms with Crippen LogP contribution in [-0.4, -0.2) is 58.8 Å². The molecule has 4 aromatic rings. The third-order valence-electron chi connectivity index (χ3n) is 6.82. The molecule has 1 aliphatic heterocycles. The number of nitrogens with zero attached hydrogens (tertiary/aromatic N) is 5. The predicted octanol–water partition coefficient (Wildman–Crippen LogP) is 4.77. The van der Waals surface area contributed by atoms with Crippen molar-refractivity contribution in [2.75, 3.05) is 24.5 Å². The highest BCUT2D eigenvalue weighted by molar-refractivity contribution is 6.33. The Bertz CT molecular complexity index is 1670. The van der Waals surface area contributed by atoms with Gasteiger partial charge in [-0.15, -0.1) is 5.10 Å². The fraction of sp³-hybridized carbons (Fsp3) is 0.300. The van der Waals surface area contributed by atoms with Crippen molar-refractivity contribution >= 4 is 51.7 Å². The van der Waals surface area contributed by atoms with Gasteiger partial charge in [-0.25, -0.2) is 9.99 Å². The van der Waals surface area contributed by atoms with Crippen molar-refractivity contribution in [1.29, 1.82) is 0 Å². The van der Waals surface area contributed by atoms with Gasteiger partial charge in [0.2, 0.25) is 11.8 Å². The van der Waals surface area contributed by atoms with E-state index in [2.05, 4.69) is 20.7 Å². The van der Waals surface area contributed by atoms with Crippen molar-refractivity contribution in [2.45, 2.75) is 45.8 Å². The normalized spacial score (nSPS) is 14.7. The SMILES string of the molecule is COC1=NN(c2ncccc2Cl)C(C(=O)Nc2c(C)cc3cn(Cc4ccc(OC)cc4)nc3c2C(=O)NC(C)C)C1. The molecule has 0 aliphatic carbocycles. The maximum atomic E-state index is 13.8. The van der Waals surface area contributed by atoms with Crippen LogP contribution in [0.5, 0.6) is 5.75 Å². The lowest BCUT2D eigenvalue weighted by atomic mass is 10.0. The van der Waals surface area contributed by atoms with Crippen molar-refractivity contribution in [3.63, 3.8) is 0 Å². The van der Waals surface area contributed by atoms with Gasteiger partial charge >= 0.3 is 0 Å². The summed E-state index contributed by atoms with van der Waals surface area (Å²) < 4.78 is 12.4. The van der Waals surface area contributed by atoms with Gasteiger partial charge in [-0.3, -0.25) is 14.3 Å². The number of benzene rings is 2. The van der Waals surface area contributed by atoms with E-state index in [-0.39, 0.29) is 23.9 Å². The number of hydrogen-bond acceptors (Lipinski definition) is 8. The molecular weight excluding hydrogens is 558 g/mol. The molecule has 0 saturated heterocycles. The first-order chi connectivity index (χ1) is 20.2. The number of ether oxygens (including phenoxy) is 2. The summed E-state index contributed by atoms with van der Waals surface area (Å²) >= 11 is 6.39. The molecule has 0 saturated carbocycles. The van der Waals surface area contributed by atoms with Gasteiger partial charge in [-0.2, -0.15) is 5.10 Å². The van der Waals surface area contributed by atoms with Gasteiger partial charge in [-0.1, -0.05) is 23.7 Å². The van der Waals surface area contributed by atoms with Crippen LogP contribution in [-0.2, 0) is 16.1 Å². The van der Waals surface area contributed by atoms with Crippen LogP contribution < -0.4 is 20.4 Å². The number of nitrogens with one attached hydrogen (secondary N) is 2. The fourth-order valence-corrected chi connectivity index (χ4v) is 5.04. The van der Waals surface area contributed by atoms with E-state index < -0.39 is 11.9 Å². The van der Waals surface area contributed by atoms with Crippen LogP contribution in [0.2, 0.25) is 5.02 Å². The molecule has 0 fully saturated rings. The van der Waals surface area contributed by atoms with Gasteiger partial charge in [0, 0.05) is 23.8 Å². The number of fused-ring (bicyclic) bond motifs is 1. The zero-order chi connectivity index (χ0) is 30.0. The maximum absolute atomic E-state index is 13.8. The third kappa shape index (κ3) is 5.87. The average Bonchev–Trinajstić information content (AvgIpc) is 3.57. The van der Waals surface area contributed by atoms with Gasteiger partial charge in [0.25, 0.3) is 5.91 Å². The number of carbonyl (C=O) groups is 2. The summed E-state index contributed by atoms with van der Waals surface area (Å²) in [7, 11) is 3.12. The van der Waals surface area contributed by atoms with Crippen molar-refractivity contribution in [3.8, 4) is 5.75 Å². The second-order valence-electron chi connectivity index (χ2n) is 10.2. The first kappa shape index (κ1) is 28.9. The number of hydrazone groups is 1. The molecule has 2 aromatic heterocycles. The Labute approximate surface area is 248 Å². The summed E-state index contributed by atoms with van der Waals surface area (Å²) in [6, 6.07) is 12.1. The van der Waals surface area contributed by atoms with E-state index >= 15 is 0 Å². The molecular formula is C30H32ClN7O4. The van der Waals surface area contributed by atoms with Crippen molar-refractivity contribution < 1.29 is 19.1 Å². The molecule has 1 atom stereocenters. The van der Waals surface area contributed by atoms with E-state index in [1.165, 1.54) is 12.1 Å². The van der Waals surface area contributed by atoms with E-state index in [0.29, 0.717) is 40.1 Å². The topological polar surface area (TPSA) is 123 Å². The minimum atomic E-state index is -0.809. The molecule has 1 aliphatic rings. The van der Waals surface area contributed by atoms with Crippen LogP contribution in [0, 0.1) is 6.92 Å². The van der Waals surface area contributed by atoms with Gasteiger partial charge < -0.3 is 20.1 Å². The van der Waals surface area contributed by atoms with E-state index in [0.717, 1.165) is 16.7 Å². The molecule has 1 unspecified atom stereocenters. The summed E-state index contributed by atoms with van der Waals surface area (Å²) in [4.78, 5) is 31.8. The summed E-state index contributed by atoms with van der Waals surface area (Å²) in [6.07, 6.45) is 3.66. The van der Waals surface area contributed by atoms with E-state index in [9.17, 15) is 9.59 Å². The molecule has 218 valence electrons. The monoisotopic (exact) mass is 589 g/mol. The molecule has 2 N–H and O–H groups in total. The molecule has 42 heavy (non-hydrogen) atoms. The summed E-state index contributed by atoms with van der Waals surface area (Å²) in [5.41, 5.74) is 2.87. The minimum absolute atomic E-state index is 0.132. The molecule has 2 amide bonds. The molecule has 12 heteroatoms. The summed E-state index contributed by atoms with van der Waals surface area (Å²) in [5.74, 6) is 0.717. The van der Waals surface area contributed by atoms with E-state index in [1.54, 1.807) is 30.1 Å².